The Bertz CT molecular complexity index is 417. The number of ether oxygens (including phenoxy) is 1. The zero-order valence-electron chi connectivity index (χ0n) is 11.4. The van der Waals surface area contributed by atoms with Crippen LogP contribution in [0.1, 0.15) is 25.5 Å². The van der Waals surface area contributed by atoms with Gasteiger partial charge in [-0.05, 0) is 31.5 Å². The summed E-state index contributed by atoms with van der Waals surface area (Å²) >= 11 is 0. The highest BCUT2D eigenvalue weighted by Gasteiger charge is 2.19. The van der Waals surface area contributed by atoms with Gasteiger partial charge in [0.05, 0.1) is 17.6 Å². The van der Waals surface area contributed by atoms with Crippen molar-refractivity contribution in [1.29, 1.82) is 0 Å². The van der Waals surface area contributed by atoms with Gasteiger partial charge < -0.3 is 15.2 Å². The summed E-state index contributed by atoms with van der Waals surface area (Å²) in [6, 6.07) is 5.90. The van der Waals surface area contributed by atoms with E-state index in [1.54, 1.807) is 19.2 Å². The van der Waals surface area contributed by atoms with Crippen molar-refractivity contribution in [2.24, 2.45) is 0 Å². The fraction of sp³-hybridized carbons (Fsp3) is 0.538. The average molecular weight is 268 g/mol. The third-order valence-electron chi connectivity index (χ3n) is 2.77. The van der Waals surface area contributed by atoms with Crippen LogP contribution in [0, 0.1) is 10.1 Å². The highest BCUT2D eigenvalue weighted by Crippen LogP contribution is 2.18. The maximum atomic E-state index is 10.5. The average Bonchev–Trinajstić information content (AvgIpc) is 2.36. The molecule has 0 heterocycles. The van der Waals surface area contributed by atoms with Crippen LogP contribution in [0.25, 0.3) is 0 Å². The van der Waals surface area contributed by atoms with E-state index in [1.807, 2.05) is 13.8 Å². The molecule has 1 rings (SSSR count). The molecule has 1 unspecified atom stereocenters. The molecule has 0 aromatic heterocycles. The summed E-state index contributed by atoms with van der Waals surface area (Å²) in [7, 11) is 1.62. The molecule has 2 N–H and O–H groups in total. The summed E-state index contributed by atoms with van der Waals surface area (Å²) < 4.78 is 5.07. The van der Waals surface area contributed by atoms with E-state index >= 15 is 0 Å². The van der Waals surface area contributed by atoms with E-state index in [9.17, 15) is 15.2 Å². The molecule has 0 spiro atoms. The number of β-amino-alcohol motifs (C(OH)–C–C–N with tert-alkyl or cyclic N) is 1. The fourth-order valence-corrected chi connectivity index (χ4v) is 1.72. The zero-order valence-corrected chi connectivity index (χ0v) is 11.4. The lowest BCUT2D eigenvalue weighted by Gasteiger charge is -2.27. The molecular formula is C13H20N2O4. The molecule has 0 aliphatic rings. The van der Waals surface area contributed by atoms with Crippen LogP contribution >= 0.6 is 0 Å². The minimum Gasteiger partial charge on any atom is -0.387 e. The summed E-state index contributed by atoms with van der Waals surface area (Å²) in [4.78, 5) is 10.1. The van der Waals surface area contributed by atoms with Crippen molar-refractivity contribution in [2.45, 2.75) is 25.5 Å². The number of non-ortho nitro benzene ring substituents is 1. The van der Waals surface area contributed by atoms with Crippen LogP contribution in [0.15, 0.2) is 24.3 Å². The van der Waals surface area contributed by atoms with Gasteiger partial charge in [0.1, 0.15) is 0 Å². The molecular weight excluding hydrogens is 248 g/mol. The molecule has 0 bridgehead atoms. The molecule has 19 heavy (non-hydrogen) atoms. The van der Waals surface area contributed by atoms with Gasteiger partial charge in [-0.1, -0.05) is 0 Å². The Balaban J connectivity index is 2.58. The number of methoxy groups -OCH3 is 1. The lowest BCUT2D eigenvalue weighted by Crippen LogP contribution is -2.45. The second-order valence-corrected chi connectivity index (χ2v) is 5.06. The second-order valence-electron chi connectivity index (χ2n) is 5.06. The quantitative estimate of drug-likeness (QED) is 0.580. The Morgan fingerprint density at radius 3 is 2.47 bits per heavy atom. The highest BCUT2D eigenvalue weighted by molar-refractivity contribution is 5.33. The summed E-state index contributed by atoms with van der Waals surface area (Å²) in [5.41, 5.74) is 0.422. The molecule has 6 nitrogen and oxygen atoms in total. The van der Waals surface area contributed by atoms with Crippen LogP contribution in [0.2, 0.25) is 0 Å². The van der Waals surface area contributed by atoms with Crippen molar-refractivity contribution in [2.75, 3.05) is 20.3 Å². The van der Waals surface area contributed by atoms with Gasteiger partial charge >= 0.3 is 0 Å². The Morgan fingerprint density at radius 1 is 1.42 bits per heavy atom. The number of hydrogen-bond donors (Lipinski definition) is 2. The lowest BCUT2D eigenvalue weighted by molar-refractivity contribution is -0.384. The fourth-order valence-electron chi connectivity index (χ4n) is 1.72. The molecule has 1 aromatic carbocycles. The lowest BCUT2D eigenvalue weighted by atomic mass is 10.0. The third kappa shape index (κ3) is 4.94. The molecule has 1 atom stereocenters. The van der Waals surface area contributed by atoms with Crippen molar-refractivity contribution in [3.8, 4) is 0 Å². The van der Waals surface area contributed by atoms with Gasteiger partial charge in [-0.2, -0.15) is 0 Å². The van der Waals surface area contributed by atoms with Crippen LogP contribution in [0.5, 0.6) is 0 Å². The van der Waals surface area contributed by atoms with Crippen LogP contribution in [-0.4, -0.2) is 35.8 Å². The molecule has 0 aliphatic carbocycles. The van der Waals surface area contributed by atoms with Crippen molar-refractivity contribution in [3.63, 3.8) is 0 Å². The first kappa shape index (κ1) is 15.6. The Morgan fingerprint density at radius 2 is 2.00 bits per heavy atom. The highest BCUT2D eigenvalue weighted by atomic mass is 16.6. The van der Waals surface area contributed by atoms with Crippen molar-refractivity contribution in [1.82, 2.24) is 5.32 Å². The van der Waals surface area contributed by atoms with Crippen LogP contribution in [-0.2, 0) is 4.74 Å². The summed E-state index contributed by atoms with van der Waals surface area (Å²) in [6.07, 6.45) is -0.711. The predicted molar refractivity (Wildman–Crippen MR) is 72.0 cm³/mol. The van der Waals surface area contributed by atoms with Gasteiger partial charge in [0.2, 0.25) is 0 Å². The standard InChI is InChI=1S/C13H20N2O4/c1-13(2,9-19-3)14-8-12(16)10-4-6-11(7-5-10)15(17)18/h4-7,12,14,16H,8-9H2,1-3H3. The molecule has 6 heteroatoms. The van der Waals surface area contributed by atoms with E-state index in [0.29, 0.717) is 18.7 Å². The van der Waals surface area contributed by atoms with E-state index in [-0.39, 0.29) is 11.2 Å². The number of rotatable bonds is 7. The number of aliphatic hydroxyl groups is 1. The maximum Gasteiger partial charge on any atom is 0.269 e. The van der Waals surface area contributed by atoms with E-state index in [1.165, 1.54) is 12.1 Å². The molecule has 106 valence electrons. The van der Waals surface area contributed by atoms with Gasteiger partial charge in [-0.15, -0.1) is 0 Å². The van der Waals surface area contributed by atoms with E-state index in [4.69, 9.17) is 4.74 Å². The number of nitro benzene ring substituents is 1. The monoisotopic (exact) mass is 268 g/mol. The number of nitrogens with zero attached hydrogens (tertiary/aromatic N) is 1. The Labute approximate surface area is 112 Å². The minimum atomic E-state index is -0.711. The number of nitrogens with one attached hydrogen (secondary N) is 1. The van der Waals surface area contributed by atoms with Gasteiger partial charge in [-0.3, -0.25) is 10.1 Å². The molecule has 0 amide bonds. The molecule has 0 fully saturated rings. The largest absolute Gasteiger partial charge is 0.387 e. The van der Waals surface area contributed by atoms with Crippen LogP contribution in [0.3, 0.4) is 0 Å². The number of hydrogen-bond acceptors (Lipinski definition) is 5. The summed E-state index contributed by atoms with van der Waals surface area (Å²) in [5.74, 6) is 0. The topological polar surface area (TPSA) is 84.6 Å². The van der Waals surface area contributed by atoms with Gasteiger partial charge in [-0.25, -0.2) is 0 Å². The molecule has 0 radical (unpaired) electrons. The number of benzene rings is 1. The first-order valence-corrected chi connectivity index (χ1v) is 6.02. The summed E-state index contributed by atoms with van der Waals surface area (Å²) in [6.45, 7) is 4.83. The van der Waals surface area contributed by atoms with Crippen molar-refractivity contribution in [3.05, 3.63) is 39.9 Å². The van der Waals surface area contributed by atoms with Crippen molar-refractivity contribution < 1.29 is 14.8 Å². The normalized spacial score (nSPS) is 13.3. The maximum absolute atomic E-state index is 10.5. The number of aliphatic hydroxyl groups excluding tert-OH is 1. The van der Waals surface area contributed by atoms with Gasteiger partial charge in [0.15, 0.2) is 0 Å². The SMILES string of the molecule is COCC(C)(C)NCC(O)c1ccc([N+](=O)[O-])cc1. The van der Waals surface area contributed by atoms with E-state index in [0.717, 1.165) is 0 Å². The Kier molecular flexibility index (Phi) is 5.41. The van der Waals surface area contributed by atoms with Crippen LogP contribution in [0.4, 0.5) is 5.69 Å². The third-order valence-corrected chi connectivity index (χ3v) is 2.77. The zero-order chi connectivity index (χ0) is 14.5. The first-order chi connectivity index (χ1) is 8.85. The first-order valence-electron chi connectivity index (χ1n) is 6.02. The van der Waals surface area contributed by atoms with Gasteiger partial charge in [0, 0.05) is 31.3 Å². The van der Waals surface area contributed by atoms with E-state index in [2.05, 4.69) is 5.32 Å². The molecule has 1 aromatic rings. The van der Waals surface area contributed by atoms with Crippen LogP contribution < -0.4 is 5.32 Å². The van der Waals surface area contributed by atoms with Gasteiger partial charge in [0.25, 0.3) is 5.69 Å². The van der Waals surface area contributed by atoms with Crippen molar-refractivity contribution >= 4 is 5.69 Å². The van der Waals surface area contributed by atoms with E-state index < -0.39 is 11.0 Å². The second kappa shape index (κ2) is 6.60. The smallest absolute Gasteiger partial charge is 0.269 e. The summed E-state index contributed by atoms with van der Waals surface area (Å²) in [5, 5.41) is 23.7. The Hall–Kier alpha value is -1.50. The molecule has 0 saturated carbocycles. The molecule has 0 saturated heterocycles. The number of nitro groups is 1. The minimum absolute atomic E-state index is 0.0172. The predicted octanol–water partition coefficient (Wildman–Crippen LogP) is 1.64. The molecule has 0 aliphatic heterocycles.